The van der Waals surface area contributed by atoms with Crippen molar-refractivity contribution in [2.24, 2.45) is 0 Å². The molecule has 0 N–H and O–H groups in total. The van der Waals surface area contributed by atoms with E-state index in [2.05, 4.69) is 15.9 Å². The molecule has 1 unspecified atom stereocenters. The molecule has 0 aromatic heterocycles. The highest BCUT2D eigenvalue weighted by Crippen LogP contribution is 2.33. The molecule has 0 saturated carbocycles. The van der Waals surface area contributed by atoms with Gasteiger partial charge < -0.3 is 4.90 Å². The van der Waals surface area contributed by atoms with Crippen LogP contribution in [0.2, 0.25) is 0 Å². The zero-order valence-electron chi connectivity index (χ0n) is 11.1. The van der Waals surface area contributed by atoms with E-state index in [9.17, 15) is 18.0 Å². The molecule has 1 aromatic carbocycles. The van der Waals surface area contributed by atoms with Crippen LogP contribution >= 0.6 is 27.5 Å². The summed E-state index contributed by atoms with van der Waals surface area (Å²) in [5.74, 6) is -0.110. The van der Waals surface area contributed by atoms with Gasteiger partial charge in [0, 0.05) is 22.9 Å². The minimum Gasteiger partial charge on any atom is -0.334 e. The third-order valence-electron chi connectivity index (χ3n) is 3.59. The lowest BCUT2D eigenvalue weighted by Crippen LogP contribution is -2.44. The van der Waals surface area contributed by atoms with Crippen LogP contribution in [0.25, 0.3) is 0 Å². The van der Waals surface area contributed by atoms with E-state index in [0.29, 0.717) is 16.9 Å². The predicted octanol–water partition coefficient (Wildman–Crippen LogP) is 4.70. The van der Waals surface area contributed by atoms with Crippen molar-refractivity contribution in [1.82, 2.24) is 4.90 Å². The maximum absolute atomic E-state index is 12.8. The second-order valence-corrected chi connectivity index (χ2v) is 6.16. The number of piperidine rings is 1. The van der Waals surface area contributed by atoms with Gasteiger partial charge in [0.05, 0.1) is 11.1 Å². The van der Waals surface area contributed by atoms with Gasteiger partial charge in [-0.25, -0.2) is 0 Å². The standard InChI is InChI=1S/C14H14BrClF3NO/c15-12-5-4-9(14(17,18)19)7-11(12)13(21)20-6-2-1-3-10(20)8-16/h4-5,7,10H,1-3,6,8H2. The molecule has 1 aliphatic heterocycles. The van der Waals surface area contributed by atoms with Crippen molar-refractivity contribution >= 4 is 33.4 Å². The van der Waals surface area contributed by atoms with Crippen LogP contribution in [0.1, 0.15) is 35.2 Å². The van der Waals surface area contributed by atoms with E-state index < -0.39 is 17.6 Å². The lowest BCUT2D eigenvalue weighted by molar-refractivity contribution is -0.137. The van der Waals surface area contributed by atoms with Crippen molar-refractivity contribution in [3.05, 3.63) is 33.8 Å². The number of hydrogen-bond donors (Lipinski definition) is 0. The number of carbonyl (C=O) groups excluding carboxylic acids is 1. The van der Waals surface area contributed by atoms with Gasteiger partial charge in [-0.3, -0.25) is 4.79 Å². The first kappa shape index (κ1) is 16.6. The maximum atomic E-state index is 12.8. The quantitative estimate of drug-likeness (QED) is 0.677. The fourth-order valence-electron chi connectivity index (χ4n) is 2.45. The van der Waals surface area contributed by atoms with E-state index in [1.54, 1.807) is 4.90 Å². The van der Waals surface area contributed by atoms with Gasteiger partial charge in [-0.05, 0) is 53.4 Å². The molecule has 1 saturated heterocycles. The van der Waals surface area contributed by atoms with Gasteiger partial charge >= 0.3 is 6.18 Å². The summed E-state index contributed by atoms with van der Waals surface area (Å²) in [5, 5.41) is 0. The van der Waals surface area contributed by atoms with Crippen molar-refractivity contribution in [3.63, 3.8) is 0 Å². The molecule has 1 atom stereocenters. The number of amides is 1. The van der Waals surface area contributed by atoms with Crippen LogP contribution in [-0.2, 0) is 6.18 Å². The molecule has 1 amide bonds. The zero-order valence-corrected chi connectivity index (χ0v) is 13.4. The van der Waals surface area contributed by atoms with Crippen LogP contribution in [0.5, 0.6) is 0 Å². The Balaban J connectivity index is 2.33. The number of nitrogens with zero attached hydrogens (tertiary/aromatic N) is 1. The summed E-state index contributed by atoms with van der Waals surface area (Å²) in [6.45, 7) is 0.527. The molecule has 2 rings (SSSR count). The van der Waals surface area contributed by atoms with Gasteiger partial charge in [0.15, 0.2) is 0 Å². The van der Waals surface area contributed by atoms with E-state index in [-0.39, 0.29) is 11.6 Å². The van der Waals surface area contributed by atoms with E-state index in [0.717, 1.165) is 31.4 Å². The SMILES string of the molecule is O=C(c1cc(C(F)(F)F)ccc1Br)N1CCCCC1CCl. The first-order valence-electron chi connectivity index (χ1n) is 6.58. The second kappa shape index (κ2) is 6.57. The molecule has 1 aliphatic rings. The Hall–Kier alpha value is -0.750. The van der Waals surface area contributed by atoms with Crippen molar-refractivity contribution < 1.29 is 18.0 Å². The lowest BCUT2D eigenvalue weighted by Gasteiger charge is -2.35. The number of carbonyl (C=O) groups is 1. The van der Waals surface area contributed by atoms with Gasteiger partial charge in [0.25, 0.3) is 5.91 Å². The third-order valence-corrected chi connectivity index (χ3v) is 4.64. The van der Waals surface area contributed by atoms with Gasteiger partial charge in [-0.2, -0.15) is 13.2 Å². The highest BCUT2D eigenvalue weighted by atomic mass is 79.9. The molecule has 0 spiro atoms. The molecular weight excluding hydrogens is 371 g/mol. The highest BCUT2D eigenvalue weighted by molar-refractivity contribution is 9.10. The highest BCUT2D eigenvalue weighted by Gasteiger charge is 2.33. The zero-order chi connectivity index (χ0) is 15.6. The van der Waals surface area contributed by atoms with Crippen LogP contribution in [0.15, 0.2) is 22.7 Å². The van der Waals surface area contributed by atoms with Crippen molar-refractivity contribution in [1.29, 1.82) is 0 Å². The molecular formula is C14H14BrClF3NO. The Bertz CT molecular complexity index is 535. The minimum atomic E-state index is -4.47. The molecule has 1 heterocycles. The number of alkyl halides is 4. The first-order chi connectivity index (χ1) is 9.84. The predicted molar refractivity (Wildman–Crippen MR) is 78.5 cm³/mol. The van der Waals surface area contributed by atoms with E-state index >= 15 is 0 Å². The molecule has 21 heavy (non-hydrogen) atoms. The van der Waals surface area contributed by atoms with E-state index in [4.69, 9.17) is 11.6 Å². The number of likely N-dealkylation sites (tertiary alicyclic amines) is 1. The molecule has 0 radical (unpaired) electrons. The molecule has 0 bridgehead atoms. The molecule has 2 nitrogen and oxygen atoms in total. The Morgan fingerprint density at radius 3 is 2.71 bits per heavy atom. The Morgan fingerprint density at radius 2 is 2.10 bits per heavy atom. The van der Waals surface area contributed by atoms with E-state index in [1.807, 2.05) is 0 Å². The van der Waals surface area contributed by atoms with Crippen LogP contribution in [0.4, 0.5) is 13.2 Å². The number of rotatable bonds is 2. The first-order valence-corrected chi connectivity index (χ1v) is 7.91. The largest absolute Gasteiger partial charge is 0.416 e. The summed E-state index contributed by atoms with van der Waals surface area (Å²) in [4.78, 5) is 14.1. The van der Waals surface area contributed by atoms with Crippen molar-refractivity contribution in [3.8, 4) is 0 Å². The summed E-state index contributed by atoms with van der Waals surface area (Å²) in [6, 6.07) is 2.99. The fourth-order valence-corrected chi connectivity index (χ4v) is 3.19. The fraction of sp³-hybridized carbons (Fsp3) is 0.500. The minimum absolute atomic E-state index is 0.0295. The molecule has 116 valence electrons. The summed E-state index contributed by atoms with van der Waals surface area (Å²) < 4.78 is 38.7. The van der Waals surface area contributed by atoms with Gasteiger partial charge in [0.1, 0.15) is 0 Å². The van der Waals surface area contributed by atoms with Gasteiger partial charge in [0.2, 0.25) is 0 Å². The summed E-state index contributed by atoms with van der Waals surface area (Å²) in [6.07, 6.45) is -1.87. The van der Waals surface area contributed by atoms with Gasteiger partial charge in [-0.15, -0.1) is 11.6 Å². The van der Waals surface area contributed by atoms with Crippen LogP contribution in [0.3, 0.4) is 0 Å². The van der Waals surface area contributed by atoms with Gasteiger partial charge in [-0.1, -0.05) is 0 Å². The number of halogens is 5. The lowest BCUT2D eigenvalue weighted by atomic mass is 10.0. The average molecular weight is 385 g/mol. The van der Waals surface area contributed by atoms with Crippen LogP contribution in [0, 0.1) is 0 Å². The Kier molecular flexibility index (Phi) is 5.20. The summed E-state index contributed by atoms with van der Waals surface area (Å²) >= 11 is 9.02. The average Bonchev–Trinajstić information content (AvgIpc) is 2.45. The van der Waals surface area contributed by atoms with Crippen molar-refractivity contribution in [2.45, 2.75) is 31.5 Å². The Morgan fingerprint density at radius 1 is 1.38 bits per heavy atom. The second-order valence-electron chi connectivity index (χ2n) is 4.99. The smallest absolute Gasteiger partial charge is 0.334 e. The Labute approximate surface area is 134 Å². The summed E-state index contributed by atoms with van der Waals surface area (Å²) in [5.41, 5.74) is -0.796. The topological polar surface area (TPSA) is 20.3 Å². The van der Waals surface area contributed by atoms with Crippen LogP contribution < -0.4 is 0 Å². The van der Waals surface area contributed by atoms with Crippen LogP contribution in [-0.4, -0.2) is 29.3 Å². The number of benzene rings is 1. The van der Waals surface area contributed by atoms with E-state index in [1.165, 1.54) is 6.07 Å². The molecule has 1 fully saturated rings. The molecule has 1 aromatic rings. The molecule has 7 heteroatoms. The summed E-state index contributed by atoms with van der Waals surface area (Å²) in [7, 11) is 0. The number of hydrogen-bond acceptors (Lipinski definition) is 1. The monoisotopic (exact) mass is 383 g/mol. The maximum Gasteiger partial charge on any atom is 0.416 e. The normalized spacial score (nSPS) is 19.7. The van der Waals surface area contributed by atoms with Crippen molar-refractivity contribution in [2.75, 3.05) is 12.4 Å². The third kappa shape index (κ3) is 3.72. The molecule has 0 aliphatic carbocycles.